The van der Waals surface area contributed by atoms with E-state index in [0.29, 0.717) is 5.56 Å². The zero-order valence-electron chi connectivity index (χ0n) is 7.38. The summed E-state index contributed by atoms with van der Waals surface area (Å²) in [5, 5.41) is 9.22. The highest BCUT2D eigenvalue weighted by Crippen LogP contribution is 2.39. The van der Waals surface area contributed by atoms with E-state index >= 15 is 0 Å². The Morgan fingerprint density at radius 1 is 1.29 bits per heavy atom. The molecule has 1 atom stereocenters. The average Bonchev–Trinajstić information content (AvgIpc) is 2.01. The molecule has 1 rings (SSSR count). The number of rotatable bonds is 2. The number of hydrogen-bond acceptors (Lipinski definition) is 2. The van der Waals surface area contributed by atoms with E-state index in [9.17, 15) is 18.3 Å². The smallest absolute Gasteiger partial charge is 0.389 e. The standard InChI is InChI=1S/C9H9F3OS/c1-6(13)7-4-2-3-5-8(7)14-9(10,11)12/h2-6,13H,1H3. The minimum atomic E-state index is -4.31. The van der Waals surface area contributed by atoms with Crippen molar-refractivity contribution >= 4 is 11.8 Å². The van der Waals surface area contributed by atoms with Crippen LogP contribution in [0, 0.1) is 0 Å². The van der Waals surface area contributed by atoms with Crippen LogP contribution in [-0.4, -0.2) is 10.6 Å². The van der Waals surface area contributed by atoms with Crippen molar-refractivity contribution in [1.82, 2.24) is 0 Å². The molecule has 1 N–H and O–H groups in total. The highest BCUT2D eigenvalue weighted by atomic mass is 32.2. The van der Waals surface area contributed by atoms with Gasteiger partial charge in [0.15, 0.2) is 0 Å². The highest BCUT2D eigenvalue weighted by Gasteiger charge is 2.30. The van der Waals surface area contributed by atoms with Crippen LogP contribution in [0.3, 0.4) is 0 Å². The first-order valence-electron chi connectivity index (χ1n) is 3.93. The summed E-state index contributed by atoms with van der Waals surface area (Å²) in [5.41, 5.74) is -4.01. The van der Waals surface area contributed by atoms with Crippen LogP contribution in [0.15, 0.2) is 29.2 Å². The van der Waals surface area contributed by atoms with Gasteiger partial charge in [0.25, 0.3) is 0 Å². The lowest BCUT2D eigenvalue weighted by Crippen LogP contribution is -2.02. The maximum absolute atomic E-state index is 12.1. The predicted molar refractivity (Wildman–Crippen MR) is 49.0 cm³/mol. The summed E-state index contributed by atoms with van der Waals surface area (Å²) in [5.74, 6) is 0. The van der Waals surface area contributed by atoms with E-state index in [-0.39, 0.29) is 16.7 Å². The molecule has 1 nitrogen and oxygen atoms in total. The normalized spacial score (nSPS) is 14.1. The second kappa shape index (κ2) is 4.23. The van der Waals surface area contributed by atoms with E-state index in [4.69, 9.17) is 0 Å². The van der Waals surface area contributed by atoms with Crippen molar-refractivity contribution in [3.63, 3.8) is 0 Å². The largest absolute Gasteiger partial charge is 0.446 e. The quantitative estimate of drug-likeness (QED) is 0.774. The van der Waals surface area contributed by atoms with Crippen molar-refractivity contribution in [2.45, 2.75) is 23.4 Å². The first kappa shape index (κ1) is 11.4. The van der Waals surface area contributed by atoms with Crippen molar-refractivity contribution in [3.8, 4) is 0 Å². The molecule has 0 amide bonds. The monoisotopic (exact) mass is 222 g/mol. The Bertz CT molecular complexity index is 309. The molecule has 0 aromatic heterocycles. The molecule has 0 spiro atoms. The number of aliphatic hydroxyl groups is 1. The minimum Gasteiger partial charge on any atom is -0.389 e. The van der Waals surface area contributed by atoms with Crippen LogP contribution in [0.2, 0.25) is 0 Å². The fourth-order valence-corrected chi connectivity index (χ4v) is 1.80. The van der Waals surface area contributed by atoms with E-state index in [2.05, 4.69) is 0 Å². The highest BCUT2D eigenvalue weighted by molar-refractivity contribution is 8.00. The summed E-state index contributed by atoms with van der Waals surface area (Å²) in [6.45, 7) is 1.44. The van der Waals surface area contributed by atoms with E-state index in [1.807, 2.05) is 0 Å². The van der Waals surface area contributed by atoms with Gasteiger partial charge in [-0.1, -0.05) is 18.2 Å². The van der Waals surface area contributed by atoms with E-state index in [1.54, 1.807) is 6.07 Å². The summed E-state index contributed by atoms with van der Waals surface area (Å²) >= 11 is -0.204. The minimum absolute atomic E-state index is 0.0509. The zero-order chi connectivity index (χ0) is 10.8. The Kier molecular flexibility index (Phi) is 3.44. The second-order valence-corrected chi connectivity index (χ2v) is 3.87. The molecule has 0 aliphatic rings. The summed E-state index contributed by atoms with van der Waals surface area (Å²) in [7, 11) is 0. The third-order valence-electron chi connectivity index (χ3n) is 1.59. The molecule has 1 unspecified atom stereocenters. The van der Waals surface area contributed by atoms with Gasteiger partial charge in [0.1, 0.15) is 0 Å². The van der Waals surface area contributed by atoms with Crippen LogP contribution in [0.4, 0.5) is 13.2 Å². The number of thioether (sulfide) groups is 1. The lowest BCUT2D eigenvalue weighted by atomic mass is 10.1. The molecule has 0 fully saturated rings. The molecule has 5 heteroatoms. The average molecular weight is 222 g/mol. The fourth-order valence-electron chi connectivity index (χ4n) is 1.04. The van der Waals surface area contributed by atoms with Crippen LogP contribution in [-0.2, 0) is 0 Å². The summed E-state index contributed by atoms with van der Waals surface area (Å²) in [6, 6.07) is 5.95. The van der Waals surface area contributed by atoms with Crippen molar-refractivity contribution in [2.75, 3.05) is 0 Å². The Morgan fingerprint density at radius 2 is 1.86 bits per heavy atom. The van der Waals surface area contributed by atoms with Crippen molar-refractivity contribution in [1.29, 1.82) is 0 Å². The molecule has 0 aliphatic heterocycles. The van der Waals surface area contributed by atoms with E-state index in [1.165, 1.54) is 25.1 Å². The molecule has 0 saturated carbocycles. The molecule has 14 heavy (non-hydrogen) atoms. The Labute approximate surface area is 83.9 Å². The SMILES string of the molecule is CC(O)c1ccccc1SC(F)(F)F. The van der Waals surface area contributed by atoms with Gasteiger partial charge >= 0.3 is 5.51 Å². The maximum atomic E-state index is 12.1. The van der Waals surface area contributed by atoms with Gasteiger partial charge in [-0.05, 0) is 30.3 Å². The van der Waals surface area contributed by atoms with Gasteiger partial charge in [-0.25, -0.2) is 0 Å². The molecular formula is C9H9F3OS. The molecule has 0 radical (unpaired) electrons. The number of alkyl halides is 3. The Morgan fingerprint density at radius 3 is 2.36 bits per heavy atom. The number of hydrogen-bond donors (Lipinski definition) is 1. The van der Waals surface area contributed by atoms with Crippen LogP contribution in [0.25, 0.3) is 0 Å². The van der Waals surface area contributed by atoms with Crippen LogP contribution in [0.1, 0.15) is 18.6 Å². The molecule has 0 aliphatic carbocycles. The van der Waals surface area contributed by atoms with Crippen LogP contribution >= 0.6 is 11.8 Å². The molecule has 0 heterocycles. The Balaban J connectivity index is 2.96. The van der Waals surface area contributed by atoms with Gasteiger partial charge < -0.3 is 5.11 Å². The summed E-state index contributed by atoms with van der Waals surface area (Å²) < 4.78 is 36.2. The third kappa shape index (κ3) is 3.23. The summed E-state index contributed by atoms with van der Waals surface area (Å²) in [6.07, 6.45) is -0.888. The van der Waals surface area contributed by atoms with Gasteiger partial charge in [-0.3, -0.25) is 0 Å². The maximum Gasteiger partial charge on any atom is 0.446 e. The van der Waals surface area contributed by atoms with Gasteiger partial charge in [-0.2, -0.15) is 13.2 Å². The number of benzene rings is 1. The van der Waals surface area contributed by atoms with Gasteiger partial charge in [0.2, 0.25) is 0 Å². The first-order chi connectivity index (χ1) is 6.40. The molecule has 0 saturated heterocycles. The van der Waals surface area contributed by atoms with Crippen LogP contribution < -0.4 is 0 Å². The topological polar surface area (TPSA) is 20.2 Å². The first-order valence-corrected chi connectivity index (χ1v) is 4.74. The van der Waals surface area contributed by atoms with Gasteiger partial charge in [0.05, 0.1) is 6.10 Å². The lowest BCUT2D eigenvalue weighted by Gasteiger charge is -2.12. The lowest BCUT2D eigenvalue weighted by molar-refractivity contribution is -0.0328. The summed E-state index contributed by atoms with van der Waals surface area (Å²) in [4.78, 5) is 0.0509. The predicted octanol–water partition coefficient (Wildman–Crippen LogP) is 3.35. The molecular weight excluding hydrogens is 213 g/mol. The second-order valence-electron chi connectivity index (χ2n) is 2.76. The van der Waals surface area contributed by atoms with Gasteiger partial charge in [-0.15, -0.1) is 0 Å². The van der Waals surface area contributed by atoms with E-state index in [0.717, 1.165) is 0 Å². The number of aliphatic hydroxyl groups excluding tert-OH is 1. The third-order valence-corrected chi connectivity index (χ3v) is 2.42. The van der Waals surface area contributed by atoms with E-state index < -0.39 is 11.6 Å². The van der Waals surface area contributed by atoms with Crippen molar-refractivity contribution in [2.24, 2.45) is 0 Å². The van der Waals surface area contributed by atoms with Crippen molar-refractivity contribution in [3.05, 3.63) is 29.8 Å². The molecule has 0 bridgehead atoms. The zero-order valence-corrected chi connectivity index (χ0v) is 8.19. The Hall–Kier alpha value is -0.680. The van der Waals surface area contributed by atoms with Gasteiger partial charge in [0, 0.05) is 4.90 Å². The molecule has 78 valence electrons. The fraction of sp³-hybridized carbons (Fsp3) is 0.333. The van der Waals surface area contributed by atoms with Crippen LogP contribution in [0.5, 0.6) is 0 Å². The van der Waals surface area contributed by atoms with Crippen molar-refractivity contribution < 1.29 is 18.3 Å². The molecule has 1 aromatic carbocycles. The molecule has 1 aromatic rings. The number of halogens is 3.